The van der Waals surface area contributed by atoms with Crippen LogP contribution in [0.2, 0.25) is 0 Å². The van der Waals surface area contributed by atoms with Gasteiger partial charge in [0.1, 0.15) is 25.4 Å². The zero-order valence-electron chi connectivity index (χ0n) is 21.1. The van der Waals surface area contributed by atoms with E-state index in [4.69, 9.17) is 42.1 Å². The van der Waals surface area contributed by atoms with Gasteiger partial charge in [-0.15, -0.1) is 23.2 Å². The largest absolute Gasteiger partial charge is 0.498 e. The van der Waals surface area contributed by atoms with E-state index < -0.39 is 53.0 Å². The van der Waals surface area contributed by atoms with Crippen molar-refractivity contribution < 1.29 is 54.9 Å². The molecule has 41 heavy (non-hydrogen) atoms. The molecule has 0 saturated carbocycles. The van der Waals surface area contributed by atoms with Gasteiger partial charge in [-0.05, 0) is 35.4 Å². The van der Waals surface area contributed by atoms with Crippen LogP contribution in [0.5, 0.6) is 0 Å². The Morgan fingerprint density at radius 1 is 0.683 bits per heavy atom. The summed E-state index contributed by atoms with van der Waals surface area (Å²) in [5.41, 5.74) is -7.62. The zero-order chi connectivity index (χ0) is 30.8. The summed E-state index contributed by atoms with van der Waals surface area (Å²) in [7, 11) is 0. The number of esters is 2. The number of ether oxygens (including phenoxy) is 4. The van der Waals surface area contributed by atoms with E-state index in [9.17, 15) is 35.9 Å². The zero-order valence-corrected chi connectivity index (χ0v) is 22.7. The van der Waals surface area contributed by atoms with E-state index in [2.05, 4.69) is 13.2 Å². The number of benzene rings is 2. The van der Waals surface area contributed by atoms with Crippen LogP contribution in [0.4, 0.5) is 26.3 Å². The predicted molar refractivity (Wildman–Crippen MR) is 138 cm³/mol. The highest BCUT2D eigenvalue weighted by Gasteiger charge is 2.72. The van der Waals surface area contributed by atoms with Gasteiger partial charge in [-0.1, -0.05) is 37.4 Å². The third kappa shape index (κ3) is 7.88. The van der Waals surface area contributed by atoms with Gasteiger partial charge in [0.2, 0.25) is 5.41 Å². The molecular formula is C27H24Cl2F6O6. The maximum absolute atomic E-state index is 14.5. The average Bonchev–Trinajstić information content (AvgIpc) is 2.92. The van der Waals surface area contributed by atoms with Gasteiger partial charge in [0.25, 0.3) is 0 Å². The minimum atomic E-state index is -5.90. The molecule has 0 spiro atoms. The highest BCUT2D eigenvalue weighted by Crippen LogP contribution is 2.56. The maximum atomic E-state index is 14.5. The molecule has 0 heterocycles. The highest BCUT2D eigenvalue weighted by atomic mass is 35.5. The molecule has 6 nitrogen and oxygen atoms in total. The monoisotopic (exact) mass is 628 g/mol. The summed E-state index contributed by atoms with van der Waals surface area (Å²) in [4.78, 5) is 24.8. The number of carbonyl (C=O) groups excluding carboxylic acids is 2. The molecule has 2 aromatic rings. The molecule has 0 aliphatic carbocycles. The Balaban J connectivity index is 2.48. The first kappa shape index (κ1) is 33.8. The molecule has 0 saturated heterocycles. The van der Waals surface area contributed by atoms with Crippen LogP contribution in [0.15, 0.2) is 74.2 Å². The molecule has 0 N–H and O–H groups in total. The summed E-state index contributed by atoms with van der Waals surface area (Å²) in [6.07, 6.45) is -11.6. The van der Waals surface area contributed by atoms with Crippen LogP contribution in [0.3, 0.4) is 0 Å². The van der Waals surface area contributed by atoms with Gasteiger partial charge in [0, 0.05) is 0 Å². The molecule has 0 bridgehead atoms. The third-order valence-electron chi connectivity index (χ3n) is 5.65. The van der Waals surface area contributed by atoms with E-state index in [0.29, 0.717) is 24.3 Å². The predicted octanol–water partition coefficient (Wildman–Crippen LogP) is 6.95. The van der Waals surface area contributed by atoms with Crippen molar-refractivity contribution in [2.24, 2.45) is 0 Å². The molecule has 0 aliphatic rings. The molecule has 0 radical (unpaired) electrons. The summed E-state index contributed by atoms with van der Waals surface area (Å²) >= 11 is 11.4. The van der Waals surface area contributed by atoms with Crippen molar-refractivity contribution in [1.82, 2.24) is 0 Å². The summed E-state index contributed by atoms with van der Waals surface area (Å²) in [6, 6.07) is 5.20. The summed E-state index contributed by atoms with van der Waals surface area (Å²) in [5, 5.41) is 0. The van der Waals surface area contributed by atoms with E-state index in [1.165, 1.54) is 0 Å². The summed E-state index contributed by atoms with van der Waals surface area (Å²) < 4.78 is 107. The van der Waals surface area contributed by atoms with Crippen molar-refractivity contribution in [2.45, 2.75) is 30.0 Å². The minimum Gasteiger partial charge on any atom is -0.498 e. The fourth-order valence-electron chi connectivity index (χ4n) is 3.70. The van der Waals surface area contributed by atoms with Crippen LogP contribution in [-0.2, 0) is 24.4 Å². The molecule has 2 unspecified atom stereocenters. The SMILES string of the molecule is C=COCC(CCl)OC(=O)c1ccc(C(c2ccc(C(=O)OC(CCl)COC=C)cc2)(C(F)(F)F)C(F)(F)F)cc1. The first-order chi connectivity index (χ1) is 19.3. The quantitative estimate of drug-likeness (QED) is 0.0976. The molecule has 224 valence electrons. The Morgan fingerprint density at radius 2 is 1.00 bits per heavy atom. The lowest BCUT2D eigenvalue weighted by Gasteiger charge is -2.38. The van der Waals surface area contributed by atoms with Crippen molar-refractivity contribution in [3.05, 3.63) is 96.5 Å². The van der Waals surface area contributed by atoms with Crippen molar-refractivity contribution in [1.29, 1.82) is 0 Å². The Hall–Kier alpha value is -3.38. The molecule has 2 aromatic carbocycles. The molecule has 2 atom stereocenters. The van der Waals surface area contributed by atoms with E-state index in [-0.39, 0.29) is 36.1 Å². The highest BCUT2D eigenvalue weighted by molar-refractivity contribution is 6.18. The minimum absolute atomic E-state index is 0.166. The van der Waals surface area contributed by atoms with E-state index in [1.54, 1.807) is 0 Å². The molecule has 2 rings (SSSR count). The topological polar surface area (TPSA) is 71.1 Å². The van der Waals surface area contributed by atoms with Crippen molar-refractivity contribution in [3.8, 4) is 0 Å². The van der Waals surface area contributed by atoms with E-state index in [0.717, 1.165) is 36.8 Å². The van der Waals surface area contributed by atoms with Crippen molar-refractivity contribution in [3.63, 3.8) is 0 Å². The van der Waals surface area contributed by atoms with Gasteiger partial charge in [0.05, 0.1) is 35.4 Å². The van der Waals surface area contributed by atoms with Crippen LogP contribution in [0.1, 0.15) is 31.8 Å². The molecule has 14 heteroatoms. The van der Waals surface area contributed by atoms with Crippen LogP contribution in [-0.4, -0.2) is 61.5 Å². The molecule has 0 amide bonds. The standard InChI is InChI=1S/C27H24Cl2F6O6/c1-3-38-15-21(13-28)40-23(36)17-5-9-19(10-6-17)25(26(30,31)32,27(33,34)35)20-11-7-18(8-12-20)24(37)41-22(14-29)16-39-4-2/h3-12,21-22H,1-2,13-16H2. The lowest BCUT2D eigenvalue weighted by atomic mass is 9.72. The first-order valence-electron chi connectivity index (χ1n) is 11.6. The lowest BCUT2D eigenvalue weighted by molar-refractivity contribution is -0.288. The third-order valence-corrected chi connectivity index (χ3v) is 6.34. The van der Waals surface area contributed by atoms with Gasteiger partial charge in [-0.2, -0.15) is 26.3 Å². The summed E-state index contributed by atoms with van der Waals surface area (Å²) in [5.74, 6) is -2.48. The Morgan fingerprint density at radius 3 is 1.24 bits per heavy atom. The van der Waals surface area contributed by atoms with Crippen molar-refractivity contribution in [2.75, 3.05) is 25.0 Å². The number of alkyl halides is 8. The average molecular weight is 629 g/mol. The van der Waals surface area contributed by atoms with Gasteiger partial charge in [-0.3, -0.25) is 0 Å². The second-order valence-corrected chi connectivity index (χ2v) is 8.88. The fourth-order valence-corrected chi connectivity index (χ4v) is 4.01. The molecule has 0 aromatic heterocycles. The van der Waals surface area contributed by atoms with Crippen LogP contribution < -0.4 is 0 Å². The second-order valence-electron chi connectivity index (χ2n) is 8.26. The number of rotatable bonds is 14. The first-order valence-corrected chi connectivity index (χ1v) is 12.7. The lowest BCUT2D eigenvalue weighted by Crippen LogP contribution is -2.54. The van der Waals surface area contributed by atoms with Gasteiger partial charge >= 0.3 is 24.3 Å². The van der Waals surface area contributed by atoms with Crippen LogP contribution in [0, 0.1) is 0 Å². The van der Waals surface area contributed by atoms with Gasteiger partial charge in [-0.25, -0.2) is 9.59 Å². The summed E-state index contributed by atoms with van der Waals surface area (Å²) in [6.45, 7) is 6.30. The van der Waals surface area contributed by atoms with Crippen LogP contribution in [0.25, 0.3) is 0 Å². The Labute approximate surface area is 241 Å². The number of carbonyl (C=O) groups is 2. The Kier molecular flexibility index (Phi) is 12.0. The fraction of sp³-hybridized carbons (Fsp3) is 0.333. The Bertz CT molecular complexity index is 1090. The van der Waals surface area contributed by atoms with Crippen molar-refractivity contribution >= 4 is 35.1 Å². The molecule has 0 fully saturated rings. The molecule has 0 aliphatic heterocycles. The number of halogens is 8. The van der Waals surface area contributed by atoms with Crippen LogP contribution >= 0.6 is 23.2 Å². The number of hydrogen-bond acceptors (Lipinski definition) is 6. The van der Waals surface area contributed by atoms with E-state index in [1.807, 2.05) is 0 Å². The maximum Gasteiger partial charge on any atom is 0.411 e. The molecular weight excluding hydrogens is 605 g/mol. The van der Waals surface area contributed by atoms with Gasteiger partial charge < -0.3 is 18.9 Å². The second kappa shape index (κ2) is 14.5. The van der Waals surface area contributed by atoms with Gasteiger partial charge in [0.15, 0.2) is 0 Å². The normalized spacial score (nSPS) is 13.5. The van der Waals surface area contributed by atoms with E-state index >= 15 is 0 Å². The smallest absolute Gasteiger partial charge is 0.411 e. The number of hydrogen-bond donors (Lipinski definition) is 0.